The number of benzene rings is 4. The number of carbonyl (C=O) groups is 1. The van der Waals surface area contributed by atoms with E-state index >= 15 is 0 Å². The Bertz CT molecular complexity index is 1620. The summed E-state index contributed by atoms with van der Waals surface area (Å²) < 4.78 is 33.6. The average molecular weight is 666 g/mol. The molecule has 2 heterocycles. The summed E-state index contributed by atoms with van der Waals surface area (Å²) in [6.07, 6.45) is 5.36. The van der Waals surface area contributed by atoms with Crippen molar-refractivity contribution in [3.63, 3.8) is 0 Å². The summed E-state index contributed by atoms with van der Waals surface area (Å²) in [5, 5.41) is 0. The van der Waals surface area contributed by atoms with Crippen LogP contribution in [0.4, 0.5) is 14.5 Å². The molecule has 1 saturated heterocycles. The molecule has 0 N–H and O–H groups in total. The van der Waals surface area contributed by atoms with Gasteiger partial charge in [0.2, 0.25) is 5.91 Å². The van der Waals surface area contributed by atoms with Gasteiger partial charge in [-0.1, -0.05) is 67.6 Å². The quantitative estimate of drug-likeness (QED) is 0.127. The lowest BCUT2D eigenvalue weighted by atomic mass is 9.69. The normalized spacial score (nSPS) is 18.6. The van der Waals surface area contributed by atoms with Crippen LogP contribution in [0.2, 0.25) is 0 Å². The first kappa shape index (κ1) is 34.8. The number of ether oxygens (including phenoxy) is 1. The maximum absolute atomic E-state index is 13.8. The highest BCUT2D eigenvalue weighted by atomic mass is 19.1. The Hall–Kier alpha value is -4.07. The fourth-order valence-corrected chi connectivity index (χ4v) is 7.77. The van der Waals surface area contributed by atoms with Crippen LogP contribution in [0.3, 0.4) is 0 Å². The first-order valence-corrected chi connectivity index (χ1v) is 17.9. The van der Waals surface area contributed by atoms with E-state index in [0.29, 0.717) is 19.4 Å². The van der Waals surface area contributed by atoms with Gasteiger partial charge in [-0.25, -0.2) is 8.78 Å². The maximum atomic E-state index is 13.8. The standard InChI is InChI=1S/C42H49F2N3O2/c1-3-42(31-34-11-4-6-14-39(34)45(2)41(42)48)38-13-5-7-15-40(38)49-30-9-8-24-46-26-28-47(29-27-46)25-10-12-37(32-16-20-35(43)21-17-32)33-18-22-36(44)23-19-33/h4-7,11,13-23,37H,3,8-10,12,24-31H2,1-2H3. The highest BCUT2D eigenvalue weighted by Gasteiger charge is 2.46. The zero-order chi connectivity index (χ0) is 34.2. The number of hydrogen-bond donors (Lipinski definition) is 0. The molecule has 7 heteroatoms. The second-order valence-corrected chi connectivity index (χ2v) is 13.6. The van der Waals surface area contributed by atoms with Crippen LogP contribution < -0.4 is 9.64 Å². The minimum atomic E-state index is -0.637. The van der Waals surface area contributed by atoms with E-state index in [1.165, 1.54) is 29.8 Å². The number of carbonyl (C=O) groups excluding carboxylic acids is 1. The number of piperazine rings is 1. The molecule has 1 amide bonds. The topological polar surface area (TPSA) is 36.0 Å². The molecule has 1 unspecified atom stereocenters. The van der Waals surface area contributed by atoms with Crippen LogP contribution in [0.25, 0.3) is 0 Å². The summed E-state index contributed by atoms with van der Waals surface area (Å²) in [5.74, 6) is 0.583. The molecule has 2 aliphatic rings. The molecule has 1 atom stereocenters. The van der Waals surface area contributed by atoms with Crippen molar-refractivity contribution in [3.05, 3.63) is 131 Å². The fourth-order valence-electron chi connectivity index (χ4n) is 7.77. The number of anilines is 1. The Kier molecular flexibility index (Phi) is 11.4. The van der Waals surface area contributed by atoms with Crippen molar-refractivity contribution in [2.75, 3.05) is 57.8 Å². The molecule has 4 aromatic carbocycles. The van der Waals surface area contributed by atoms with Gasteiger partial charge in [0.1, 0.15) is 17.4 Å². The van der Waals surface area contributed by atoms with Gasteiger partial charge in [0, 0.05) is 50.4 Å². The van der Waals surface area contributed by atoms with Crippen LogP contribution in [-0.2, 0) is 16.6 Å². The molecule has 4 aromatic rings. The van der Waals surface area contributed by atoms with Crippen LogP contribution in [-0.4, -0.2) is 68.6 Å². The Morgan fingerprint density at radius 2 is 1.31 bits per heavy atom. The van der Waals surface area contributed by atoms with Crippen molar-refractivity contribution in [1.29, 1.82) is 0 Å². The first-order valence-electron chi connectivity index (χ1n) is 17.9. The fraction of sp³-hybridized carbons (Fsp3) is 0.405. The molecular weight excluding hydrogens is 616 g/mol. The number of rotatable bonds is 14. The van der Waals surface area contributed by atoms with Crippen LogP contribution in [0, 0.1) is 11.6 Å². The Morgan fingerprint density at radius 1 is 0.735 bits per heavy atom. The molecule has 2 aliphatic heterocycles. The van der Waals surface area contributed by atoms with E-state index in [0.717, 1.165) is 93.1 Å². The molecule has 1 fully saturated rings. The zero-order valence-electron chi connectivity index (χ0n) is 28.9. The summed E-state index contributed by atoms with van der Waals surface area (Å²) >= 11 is 0. The van der Waals surface area contributed by atoms with Crippen molar-refractivity contribution >= 4 is 11.6 Å². The largest absolute Gasteiger partial charge is 0.493 e. The lowest BCUT2D eigenvalue weighted by molar-refractivity contribution is -0.124. The van der Waals surface area contributed by atoms with Crippen molar-refractivity contribution < 1.29 is 18.3 Å². The van der Waals surface area contributed by atoms with Crippen molar-refractivity contribution in [1.82, 2.24) is 9.80 Å². The third-order valence-electron chi connectivity index (χ3n) is 10.7. The summed E-state index contributed by atoms with van der Waals surface area (Å²) in [6, 6.07) is 29.7. The average Bonchev–Trinajstić information content (AvgIpc) is 3.13. The van der Waals surface area contributed by atoms with Gasteiger partial charge in [0.25, 0.3) is 0 Å². The van der Waals surface area contributed by atoms with Gasteiger partial charge in [-0.05, 0) is 105 Å². The van der Waals surface area contributed by atoms with E-state index < -0.39 is 5.41 Å². The Balaban J connectivity index is 0.945. The highest BCUT2D eigenvalue weighted by Crippen LogP contribution is 2.44. The van der Waals surface area contributed by atoms with Crippen molar-refractivity contribution in [3.8, 4) is 5.75 Å². The van der Waals surface area contributed by atoms with Crippen molar-refractivity contribution in [2.45, 2.75) is 56.8 Å². The molecule has 0 radical (unpaired) electrons. The predicted octanol–water partition coefficient (Wildman–Crippen LogP) is 8.22. The van der Waals surface area contributed by atoms with E-state index in [2.05, 4.69) is 34.9 Å². The molecule has 0 aliphatic carbocycles. The second kappa shape index (κ2) is 16.1. The molecule has 49 heavy (non-hydrogen) atoms. The molecule has 0 saturated carbocycles. The van der Waals surface area contributed by atoms with Crippen LogP contribution in [0.5, 0.6) is 5.75 Å². The van der Waals surface area contributed by atoms with E-state index in [-0.39, 0.29) is 23.5 Å². The number of hydrogen-bond acceptors (Lipinski definition) is 4. The molecule has 0 spiro atoms. The number of para-hydroxylation sites is 2. The van der Waals surface area contributed by atoms with Gasteiger partial charge in [-0.2, -0.15) is 0 Å². The van der Waals surface area contributed by atoms with Crippen LogP contribution in [0.1, 0.15) is 67.2 Å². The minimum absolute atomic E-state index is 0.116. The van der Waals surface area contributed by atoms with E-state index in [9.17, 15) is 13.6 Å². The number of nitrogens with zero attached hydrogens (tertiary/aromatic N) is 3. The minimum Gasteiger partial charge on any atom is -0.493 e. The lowest BCUT2D eigenvalue weighted by Gasteiger charge is -2.41. The van der Waals surface area contributed by atoms with Gasteiger partial charge < -0.3 is 19.4 Å². The third kappa shape index (κ3) is 8.05. The summed E-state index contributed by atoms with van der Waals surface area (Å²) in [5.41, 5.74) is 4.67. The molecule has 258 valence electrons. The smallest absolute Gasteiger partial charge is 0.237 e. The molecule has 6 rings (SSSR count). The first-order chi connectivity index (χ1) is 23.9. The van der Waals surface area contributed by atoms with Crippen LogP contribution in [0.15, 0.2) is 97.1 Å². The molecule has 0 aromatic heterocycles. The summed E-state index contributed by atoms with van der Waals surface area (Å²) in [6.45, 7) is 9.00. The monoisotopic (exact) mass is 665 g/mol. The van der Waals surface area contributed by atoms with E-state index in [1.807, 2.05) is 66.5 Å². The number of fused-ring (bicyclic) bond motifs is 1. The predicted molar refractivity (Wildman–Crippen MR) is 193 cm³/mol. The molecule has 5 nitrogen and oxygen atoms in total. The number of amides is 1. The van der Waals surface area contributed by atoms with Crippen molar-refractivity contribution in [2.24, 2.45) is 0 Å². The van der Waals surface area contributed by atoms with E-state index in [1.54, 1.807) is 0 Å². The van der Waals surface area contributed by atoms with E-state index in [4.69, 9.17) is 4.74 Å². The van der Waals surface area contributed by atoms with Gasteiger partial charge in [-0.15, -0.1) is 0 Å². The SMILES string of the molecule is CCC1(c2ccccc2OCCCCN2CCN(CCCC(c3ccc(F)cc3)c3ccc(F)cc3)CC2)Cc2ccccc2N(C)C1=O. The zero-order valence-corrected chi connectivity index (χ0v) is 28.9. The van der Waals surface area contributed by atoms with Gasteiger partial charge in [0.15, 0.2) is 0 Å². The molecular formula is C42H49F2N3O2. The summed E-state index contributed by atoms with van der Waals surface area (Å²) in [7, 11) is 1.88. The number of likely N-dealkylation sites (N-methyl/N-ethyl adjacent to an activating group) is 1. The molecule has 0 bridgehead atoms. The lowest BCUT2D eigenvalue weighted by Crippen LogP contribution is -2.50. The third-order valence-corrected chi connectivity index (χ3v) is 10.7. The number of unbranched alkanes of at least 4 members (excludes halogenated alkanes) is 1. The van der Waals surface area contributed by atoms with Crippen LogP contribution >= 0.6 is 0 Å². The van der Waals surface area contributed by atoms with Gasteiger partial charge in [0.05, 0.1) is 12.0 Å². The Morgan fingerprint density at radius 3 is 1.94 bits per heavy atom. The maximum Gasteiger partial charge on any atom is 0.237 e. The van der Waals surface area contributed by atoms with Gasteiger partial charge in [-0.3, -0.25) is 4.79 Å². The summed E-state index contributed by atoms with van der Waals surface area (Å²) in [4.78, 5) is 20.7. The number of halogens is 2. The van der Waals surface area contributed by atoms with Gasteiger partial charge >= 0.3 is 0 Å². The second-order valence-electron chi connectivity index (χ2n) is 13.6. The highest BCUT2D eigenvalue weighted by molar-refractivity contribution is 6.04. The Labute approximate surface area is 290 Å².